The second-order valence-electron chi connectivity index (χ2n) is 7.82. The van der Waals surface area contributed by atoms with Crippen LogP contribution in [0.2, 0.25) is 0 Å². The first-order valence-corrected chi connectivity index (χ1v) is 13.4. The highest BCUT2D eigenvalue weighted by molar-refractivity contribution is 7.92. The van der Waals surface area contributed by atoms with Crippen molar-refractivity contribution in [1.29, 1.82) is 0 Å². The number of benzene rings is 3. The van der Waals surface area contributed by atoms with Gasteiger partial charge in [-0.2, -0.15) is 13.5 Å². The van der Waals surface area contributed by atoms with Crippen molar-refractivity contribution in [3.05, 3.63) is 94.4 Å². The monoisotopic (exact) mass is 527 g/mol. The normalized spacial score (nSPS) is 12.2. The van der Waals surface area contributed by atoms with E-state index < -0.39 is 25.7 Å². The lowest BCUT2D eigenvalue weighted by Gasteiger charge is -2.10. The largest absolute Gasteiger partial charge is 0.299 e. The molecular formula is C23H21N5O6S2. The molecule has 0 saturated heterocycles. The highest BCUT2D eigenvalue weighted by atomic mass is 32.2. The van der Waals surface area contributed by atoms with Gasteiger partial charge in [0.1, 0.15) is 0 Å². The predicted molar refractivity (Wildman–Crippen MR) is 134 cm³/mol. The van der Waals surface area contributed by atoms with Gasteiger partial charge in [-0.25, -0.2) is 13.1 Å². The minimum absolute atomic E-state index is 0.0127. The number of rotatable bonds is 7. The molecule has 186 valence electrons. The number of nitrogens with zero attached hydrogens (tertiary/aromatic N) is 3. The van der Waals surface area contributed by atoms with E-state index in [1.807, 2.05) is 0 Å². The van der Waals surface area contributed by atoms with Gasteiger partial charge in [-0.1, -0.05) is 24.3 Å². The Morgan fingerprint density at radius 2 is 1.56 bits per heavy atom. The zero-order valence-corrected chi connectivity index (χ0v) is 20.7. The SMILES string of the molecule is Cc1ccc(N=Nc2c(C)[nH]n(-c3ccc(S(=O)(=O)O)cc3)c2=O)cc1S(=O)(=O)Nc1ccccc1. The predicted octanol–water partition coefficient (Wildman–Crippen LogP) is 4.25. The molecule has 3 N–H and O–H groups in total. The fraction of sp³-hybridized carbons (Fsp3) is 0.0870. The summed E-state index contributed by atoms with van der Waals surface area (Å²) in [6, 6.07) is 18.0. The number of H-pyrrole nitrogens is 1. The minimum atomic E-state index is -4.37. The Labute approximate surface area is 206 Å². The molecule has 0 bridgehead atoms. The van der Waals surface area contributed by atoms with Crippen LogP contribution >= 0.6 is 0 Å². The van der Waals surface area contributed by atoms with Crippen LogP contribution in [0.4, 0.5) is 17.1 Å². The van der Waals surface area contributed by atoms with Gasteiger partial charge in [-0.05, 0) is 67.9 Å². The fourth-order valence-electron chi connectivity index (χ4n) is 3.37. The first-order valence-electron chi connectivity index (χ1n) is 10.5. The van der Waals surface area contributed by atoms with Crippen molar-refractivity contribution in [2.45, 2.75) is 23.6 Å². The molecule has 3 aromatic carbocycles. The van der Waals surface area contributed by atoms with Gasteiger partial charge in [-0.15, -0.1) is 5.11 Å². The number of aryl methyl sites for hydroxylation is 2. The topological polar surface area (TPSA) is 163 Å². The Morgan fingerprint density at radius 1 is 0.889 bits per heavy atom. The van der Waals surface area contributed by atoms with E-state index in [-0.39, 0.29) is 21.2 Å². The van der Waals surface area contributed by atoms with Crippen molar-refractivity contribution in [3.8, 4) is 5.69 Å². The highest BCUT2D eigenvalue weighted by Gasteiger charge is 2.18. The average Bonchev–Trinajstić information content (AvgIpc) is 3.11. The molecule has 0 fully saturated rings. The van der Waals surface area contributed by atoms with Gasteiger partial charge in [0.05, 0.1) is 26.9 Å². The van der Waals surface area contributed by atoms with Crippen molar-refractivity contribution in [2.75, 3.05) is 4.72 Å². The third-order valence-corrected chi connectivity index (χ3v) is 7.58. The first-order chi connectivity index (χ1) is 17.0. The summed E-state index contributed by atoms with van der Waals surface area (Å²) in [5.41, 5.74) is 1.27. The van der Waals surface area contributed by atoms with Crippen molar-refractivity contribution in [1.82, 2.24) is 9.78 Å². The Kier molecular flexibility index (Phi) is 6.63. The lowest BCUT2D eigenvalue weighted by Crippen LogP contribution is -2.14. The molecular weight excluding hydrogens is 506 g/mol. The van der Waals surface area contributed by atoms with Crippen molar-refractivity contribution in [3.63, 3.8) is 0 Å². The molecule has 36 heavy (non-hydrogen) atoms. The zero-order valence-electron chi connectivity index (χ0n) is 19.1. The van der Waals surface area contributed by atoms with E-state index in [4.69, 9.17) is 4.55 Å². The number of azo groups is 1. The number of nitrogens with one attached hydrogen (secondary N) is 2. The molecule has 0 aliphatic heterocycles. The molecule has 0 spiro atoms. The molecule has 0 amide bonds. The van der Waals surface area contributed by atoms with E-state index in [1.165, 1.54) is 18.2 Å². The molecule has 1 aromatic heterocycles. The second-order valence-corrected chi connectivity index (χ2v) is 10.9. The van der Waals surface area contributed by atoms with Crippen LogP contribution in [-0.2, 0) is 20.1 Å². The molecule has 11 nitrogen and oxygen atoms in total. The Hall–Kier alpha value is -4.07. The summed E-state index contributed by atoms with van der Waals surface area (Å²) in [6.07, 6.45) is 0. The molecule has 4 aromatic rings. The van der Waals surface area contributed by atoms with Crippen LogP contribution < -0.4 is 10.3 Å². The average molecular weight is 528 g/mol. The second kappa shape index (κ2) is 9.53. The molecule has 4 rings (SSSR count). The number of aromatic amines is 1. The molecule has 0 aliphatic carbocycles. The van der Waals surface area contributed by atoms with Crippen LogP contribution in [0.3, 0.4) is 0 Å². The van der Waals surface area contributed by atoms with Gasteiger partial charge in [0, 0.05) is 5.69 Å². The van der Waals surface area contributed by atoms with Gasteiger partial charge >= 0.3 is 0 Å². The maximum Gasteiger partial charge on any atom is 0.299 e. The van der Waals surface area contributed by atoms with E-state index in [0.717, 1.165) is 16.8 Å². The molecule has 0 aliphatic rings. The lowest BCUT2D eigenvalue weighted by molar-refractivity contribution is 0.483. The molecule has 0 atom stereocenters. The maximum atomic E-state index is 12.9. The van der Waals surface area contributed by atoms with Crippen LogP contribution in [0.1, 0.15) is 11.3 Å². The van der Waals surface area contributed by atoms with E-state index in [0.29, 0.717) is 22.6 Å². The van der Waals surface area contributed by atoms with Crippen molar-refractivity contribution >= 4 is 37.2 Å². The summed E-state index contributed by atoms with van der Waals surface area (Å²) in [5.74, 6) is 0. The third kappa shape index (κ3) is 5.27. The van der Waals surface area contributed by atoms with Crippen LogP contribution in [-0.4, -0.2) is 31.2 Å². The van der Waals surface area contributed by atoms with E-state index in [9.17, 15) is 21.6 Å². The van der Waals surface area contributed by atoms with E-state index in [1.54, 1.807) is 56.3 Å². The summed E-state index contributed by atoms with van der Waals surface area (Å²) < 4.78 is 61.1. The number of anilines is 1. The summed E-state index contributed by atoms with van der Waals surface area (Å²) in [6.45, 7) is 3.26. The zero-order chi connectivity index (χ0) is 26.1. The summed E-state index contributed by atoms with van der Waals surface area (Å²) in [4.78, 5) is 12.6. The van der Waals surface area contributed by atoms with Gasteiger partial charge < -0.3 is 0 Å². The highest BCUT2D eigenvalue weighted by Crippen LogP contribution is 2.26. The molecule has 0 radical (unpaired) electrons. The third-order valence-electron chi connectivity index (χ3n) is 5.19. The summed E-state index contributed by atoms with van der Waals surface area (Å²) >= 11 is 0. The lowest BCUT2D eigenvalue weighted by atomic mass is 10.2. The number of hydrogen-bond acceptors (Lipinski definition) is 7. The Balaban J connectivity index is 1.64. The first kappa shape index (κ1) is 25.0. The summed E-state index contributed by atoms with van der Waals surface area (Å²) in [7, 11) is -8.26. The van der Waals surface area contributed by atoms with E-state index in [2.05, 4.69) is 20.0 Å². The van der Waals surface area contributed by atoms with Gasteiger partial charge in [0.15, 0.2) is 5.69 Å². The van der Waals surface area contributed by atoms with Crippen LogP contribution in [0.25, 0.3) is 5.69 Å². The van der Waals surface area contributed by atoms with Gasteiger partial charge in [-0.3, -0.25) is 19.2 Å². The number of para-hydroxylation sites is 1. The van der Waals surface area contributed by atoms with Gasteiger partial charge in [0.2, 0.25) is 0 Å². The molecule has 0 unspecified atom stereocenters. The van der Waals surface area contributed by atoms with Crippen molar-refractivity contribution < 1.29 is 21.4 Å². The Bertz CT molecular complexity index is 1720. The van der Waals surface area contributed by atoms with E-state index >= 15 is 0 Å². The van der Waals surface area contributed by atoms with Crippen LogP contribution in [0.15, 0.2) is 97.6 Å². The number of hydrogen-bond donors (Lipinski definition) is 3. The van der Waals surface area contributed by atoms with Crippen molar-refractivity contribution in [2.24, 2.45) is 10.2 Å². The summed E-state index contributed by atoms with van der Waals surface area (Å²) in [5, 5.41) is 10.9. The number of aromatic nitrogens is 2. The smallest absolute Gasteiger partial charge is 0.293 e. The Morgan fingerprint density at radius 3 is 2.19 bits per heavy atom. The maximum absolute atomic E-state index is 12.9. The quantitative estimate of drug-likeness (QED) is 0.240. The molecule has 13 heteroatoms. The van der Waals surface area contributed by atoms with Crippen LogP contribution in [0, 0.1) is 13.8 Å². The fourth-order valence-corrected chi connectivity index (χ4v) is 5.17. The minimum Gasteiger partial charge on any atom is -0.293 e. The molecule has 0 saturated carbocycles. The van der Waals surface area contributed by atoms with Crippen LogP contribution in [0.5, 0.6) is 0 Å². The standard InChI is InChI=1S/C23H21N5O6S2/c1-15-8-9-18(14-21(15)35(30,31)27-17-6-4-3-5-7-17)24-25-22-16(2)26-28(23(22)29)19-10-12-20(13-11-19)36(32,33)34/h3-14,26-27H,1-2H3,(H,32,33,34). The molecule has 1 heterocycles. The van der Waals surface area contributed by atoms with Gasteiger partial charge in [0.25, 0.3) is 25.7 Å². The number of sulfonamides is 1.